The molecule has 0 spiro atoms. The molecule has 0 amide bonds. The summed E-state index contributed by atoms with van der Waals surface area (Å²) in [4.78, 5) is 6.51. The van der Waals surface area contributed by atoms with Crippen molar-refractivity contribution in [2.24, 2.45) is 11.1 Å². The highest BCUT2D eigenvalue weighted by molar-refractivity contribution is 5.53. The highest BCUT2D eigenvalue weighted by Gasteiger charge is 2.22. The normalized spacial score (nSPS) is 11.1. The van der Waals surface area contributed by atoms with Crippen molar-refractivity contribution < 1.29 is 0 Å². The summed E-state index contributed by atoms with van der Waals surface area (Å²) >= 11 is 0. The first kappa shape index (κ1) is 14.5. The maximum Gasteiger partial charge on any atom is 0.146 e. The van der Waals surface area contributed by atoms with Gasteiger partial charge in [-0.3, -0.25) is 0 Å². The Morgan fingerprint density at radius 2 is 2.22 bits per heavy atom. The van der Waals surface area contributed by atoms with Gasteiger partial charge in [0, 0.05) is 19.3 Å². The third-order valence-corrected chi connectivity index (χ3v) is 2.87. The van der Waals surface area contributed by atoms with Crippen molar-refractivity contribution in [3.05, 3.63) is 23.9 Å². The molecule has 98 valence electrons. The molecule has 0 atom stereocenters. The Balaban J connectivity index is 3.01. The summed E-state index contributed by atoms with van der Waals surface area (Å²) in [6.07, 6.45) is 2.75. The molecule has 18 heavy (non-hydrogen) atoms. The number of rotatable bonds is 6. The highest BCUT2D eigenvalue weighted by Crippen LogP contribution is 2.22. The van der Waals surface area contributed by atoms with Gasteiger partial charge >= 0.3 is 0 Å². The summed E-state index contributed by atoms with van der Waals surface area (Å²) in [6.45, 7) is 8.69. The van der Waals surface area contributed by atoms with Crippen LogP contribution in [0.15, 0.2) is 18.3 Å². The van der Waals surface area contributed by atoms with Crippen molar-refractivity contribution in [2.45, 2.75) is 27.2 Å². The van der Waals surface area contributed by atoms with E-state index in [9.17, 15) is 0 Å². The van der Waals surface area contributed by atoms with Gasteiger partial charge in [0.1, 0.15) is 11.9 Å². The second-order valence-electron chi connectivity index (χ2n) is 5.28. The van der Waals surface area contributed by atoms with Gasteiger partial charge in [-0.05, 0) is 30.5 Å². The molecule has 0 bridgehead atoms. The second kappa shape index (κ2) is 6.36. The quantitative estimate of drug-likeness (QED) is 0.835. The summed E-state index contributed by atoms with van der Waals surface area (Å²) in [7, 11) is 0. The van der Waals surface area contributed by atoms with Gasteiger partial charge in [-0.2, -0.15) is 5.26 Å². The molecule has 1 rings (SSSR count). The van der Waals surface area contributed by atoms with E-state index in [4.69, 9.17) is 11.0 Å². The number of nitrogens with zero attached hydrogens (tertiary/aromatic N) is 3. The largest absolute Gasteiger partial charge is 0.355 e. The molecule has 0 aliphatic carbocycles. The molecule has 0 aromatic carbocycles. The summed E-state index contributed by atoms with van der Waals surface area (Å²) in [5, 5.41) is 9.15. The Morgan fingerprint density at radius 1 is 1.50 bits per heavy atom. The van der Waals surface area contributed by atoms with Crippen LogP contribution in [0.3, 0.4) is 0 Å². The fourth-order valence-corrected chi connectivity index (χ4v) is 1.85. The van der Waals surface area contributed by atoms with Gasteiger partial charge in [-0.1, -0.05) is 20.8 Å². The van der Waals surface area contributed by atoms with E-state index in [0.29, 0.717) is 12.1 Å². The zero-order chi connectivity index (χ0) is 13.6. The number of nitrogens with two attached hydrogens (primary N) is 1. The zero-order valence-corrected chi connectivity index (χ0v) is 11.5. The molecule has 0 fully saturated rings. The molecule has 0 unspecified atom stereocenters. The standard InChI is InChI=1S/C14H22N4/c1-4-8-18(11-14(2,3)10-16)13-12(9-15)6-5-7-17-13/h5-7H,4,8,10-11,16H2,1-3H3. The van der Waals surface area contributed by atoms with E-state index in [-0.39, 0.29) is 5.41 Å². The average Bonchev–Trinajstić information content (AvgIpc) is 2.38. The second-order valence-corrected chi connectivity index (χ2v) is 5.28. The third kappa shape index (κ3) is 3.71. The fourth-order valence-electron chi connectivity index (χ4n) is 1.85. The van der Waals surface area contributed by atoms with Crippen molar-refractivity contribution in [2.75, 3.05) is 24.5 Å². The number of aromatic nitrogens is 1. The predicted molar refractivity (Wildman–Crippen MR) is 74.3 cm³/mol. The molecule has 1 aromatic rings. The molecule has 4 heteroatoms. The molecule has 4 nitrogen and oxygen atoms in total. The van der Waals surface area contributed by atoms with Gasteiger partial charge in [-0.25, -0.2) is 4.98 Å². The van der Waals surface area contributed by atoms with Crippen LogP contribution in [-0.2, 0) is 0 Å². The van der Waals surface area contributed by atoms with E-state index in [0.717, 1.165) is 25.3 Å². The Bertz CT molecular complexity index is 420. The maximum absolute atomic E-state index is 9.15. The van der Waals surface area contributed by atoms with Crippen LogP contribution in [0, 0.1) is 16.7 Å². The first-order valence-electron chi connectivity index (χ1n) is 6.34. The van der Waals surface area contributed by atoms with E-state index in [1.807, 2.05) is 0 Å². The van der Waals surface area contributed by atoms with Crippen LogP contribution in [0.4, 0.5) is 5.82 Å². The van der Waals surface area contributed by atoms with Crippen molar-refractivity contribution in [1.82, 2.24) is 4.98 Å². The fraction of sp³-hybridized carbons (Fsp3) is 0.571. The lowest BCUT2D eigenvalue weighted by Crippen LogP contribution is -2.40. The molecule has 2 N–H and O–H groups in total. The minimum absolute atomic E-state index is 0.0133. The summed E-state index contributed by atoms with van der Waals surface area (Å²) in [5.41, 5.74) is 6.42. The van der Waals surface area contributed by atoms with Crippen LogP contribution in [0.25, 0.3) is 0 Å². The molecule has 0 aliphatic rings. The molecule has 0 saturated carbocycles. The molecule has 0 saturated heterocycles. The zero-order valence-electron chi connectivity index (χ0n) is 11.5. The minimum Gasteiger partial charge on any atom is -0.355 e. The lowest BCUT2D eigenvalue weighted by molar-refractivity contribution is 0.376. The summed E-state index contributed by atoms with van der Waals surface area (Å²) in [5.74, 6) is 0.767. The number of hydrogen-bond donors (Lipinski definition) is 1. The van der Waals surface area contributed by atoms with E-state index in [2.05, 4.69) is 36.7 Å². The van der Waals surface area contributed by atoms with Gasteiger partial charge in [-0.15, -0.1) is 0 Å². The number of hydrogen-bond acceptors (Lipinski definition) is 4. The van der Waals surface area contributed by atoms with Crippen molar-refractivity contribution in [3.8, 4) is 6.07 Å². The molecule has 0 radical (unpaired) electrons. The molecular weight excluding hydrogens is 224 g/mol. The first-order chi connectivity index (χ1) is 8.54. The Kier molecular flexibility index (Phi) is 5.11. The van der Waals surface area contributed by atoms with E-state index in [1.165, 1.54) is 0 Å². The van der Waals surface area contributed by atoms with Crippen LogP contribution in [0.2, 0.25) is 0 Å². The first-order valence-corrected chi connectivity index (χ1v) is 6.34. The number of nitriles is 1. The summed E-state index contributed by atoms with van der Waals surface area (Å²) < 4.78 is 0. The SMILES string of the molecule is CCCN(CC(C)(C)CN)c1ncccc1C#N. The van der Waals surface area contributed by atoms with Crippen molar-refractivity contribution >= 4 is 5.82 Å². The van der Waals surface area contributed by atoms with Gasteiger partial charge in [0.05, 0.1) is 5.56 Å². The van der Waals surface area contributed by atoms with E-state index >= 15 is 0 Å². The van der Waals surface area contributed by atoms with Gasteiger partial charge in [0.25, 0.3) is 0 Å². The summed E-state index contributed by atoms with van der Waals surface area (Å²) in [6, 6.07) is 5.80. The van der Waals surface area contributed by atoms with Crippen molar-refractivity contribution in [3.63, 3.8) is 0 Å². The van der Waals surface area contributed by atoms with Crippen LogP contribution in [-0.4, -0.2) is 24.6 Å². The number of anilines is 1. The van der Waals surface area contributed by atoms with E-state index < -0.39 is 0 Å². The van der Waals surface area contributed by atoms with Crippen LogP contribution in [0.1, 0.15) is 32.8 Å². The van der Waals surface area contributed by atoms with Gasteiger partial charge in [0.15, 0.2) is 0 Å². The average molecular weight is 246 g/mol. The van der Waals surface area contributed by atoms with Gasteiger partial charge in [0.2, 0.25) is 0 Å². The monoisotopic (exact) mass is 246 g/mol. The molecule has 0 aliphatic heterocycles. The Labute approximate surface area is 109 Å². The van der Waals surface area contributed by atoms with Crippen LogP contribution in [0.5, 0.6) is 0 Å². The lowest BCUT2D eigenvalue weighted by Gasteiger charge is -2.32. The predicted octanol–water partition coefficient (Wildman–Crippen LogP) is 2.15. The maximum atomic E-state index is 9.15. The lowest BCUT2D eigenvalue weighted by atomic mass is 9.93. The van der Waals surface area contributed by atoms with Crippen LogP contribution < -0.4 is 10.6 Å². The number of pyridine rings is 1. The smallest absolute Gasteiger partial charge is 0.146 e. The van der Waals surface area contributed by atoms with Crippen LogP contribution >= 0.6 is 0 Å². The Hall–Kier alpha value is -1.60. The Morgan fingerprint density at radius 3 is 2.78 bits per heavy atom. The van der Waals surface area contributed by atoms with Gasteiger partial charge < -0.3 is 10.6 Å². The minimum atomic E-state index is 0.0133. The highest BCUT2D eigenvalue weighted by atomic mass is 15.2. The molecule has 1 aromatic heterocycles. The third-order valence-electron chi connectivity index (χ3n) is 2.87. The molecular formula is C14H22N4. The van der Waals surface area contributed by atoms with E-state index in [1.54, 1.807) is 18.3 Å². The molecule has 1 heterocycles. The topological polar surface area (TPSA) is 65.9 Å². The van der Waals surface area contributed by atoms with Crippen molar-refractivity contribution in [1.29, 1.82) is 5.26 Å².